The van der Waals surface area contributed by atoms with E-state index in [-0.39, 0.29) is 5.41 Å². The molecule has 0 aromatic heterocycles. The zero-order valence-electron chi connectivity index (χ0n) is 14.6. The Labute approximate surface area is 140 Å². The molecule has 23 heavy (non-hydrogen) atoms. The third-order valence-electron chi connectivity index (χ3n) is 4.39. The first-order valence-electron chi connectivity index (χ1n) is 8.35. The molecule has 124 valence electrons. The smallest absolute Gasteiger partial charge is 0.247 e. The molecule has 0 aliphatic carbocycles. The van der Waals surface area contributed by atoms with Crippen molar-refractivity contribution in [3.63, 3.8) is 0 Å². The molecular weight excluding hydrogens is 303 g/mol. The van der Waals surface area contributed by atoms with Gasteiger partial charge in [-0.15, -0.1) is 0 Å². The standard InChI is InChI=1S/C20H27O2P/c1-5-16-23(21,6-2)22-19-14-12-18(13-15-19)20(3,4)17-10-8-7-9-11-17/h7-15H,5-6,16H2,1-4H3. The van der Waals surface area contributed by atoms with Gasteiger partial charge in [-0.1, -0.05) is 70.2 Å². The fourth-order valence-corrected chi connectivity index (χ4v) is 4.48. The van der Waals surface area contributed by atoms with E-state index in [1.54, 1.807) is 0 Å². The van der Waals surface area contributed by atoms with Gasteiger partial charge in [-0.3, -0.25) is 4.57 Å². The molecule has 0 heterocycles. The molecule has 1 atom stereocenters. The predicted molar refractivity (Wildman–Crippen MR) is 98.9 cm³/mol. The Balaban J connectivity index is 2.21. The van der Waals surface area contributed by atoms with Crippen LogP contribution in [-0.2, 0) is 9.98 Å². The van der Waals surface area contributed by atoms with Crippen LogP contribution >= 0.6 is 7.37 Å². The molecule has 0 amide bonds. The van der Waals surface area contributed by atoms with Crippen molar-refractivity contribution in [1.82, 2.24) is 0 Å². The van der Waals surface area contributed by atoms with Crippen LogP contribution in [-0.4, -0.2) is 12.3 Å². The molecule has 0 aliphatic heterocycles. The normalized spacial score (nSPS) is 14.3. The van der Waals surface area contributed by atoms with E-state index < -0.39 is 7.37 Å². The summed E-state index contributed by atoms with van der Waals surface area (Å²) in [6, 6.07) is 18.5. The Bertz CT molecular complexity index is 660. The van der Waals surface area contributed by atoms with Crippen molar-refractivity contribution in [2.24, 2.45) is 0 Å². The van der Waals surface area contributed by atoms with E-state index in [0.29, 0.717) is 18.1 Å². The van der Waals surface area contributed by atoms with Gasteiger partial charge in [-0.05, 0) is 29.7 Å². The SMILES string of the molecule is CCCP(=O)(CC)Oc1ccc(C(C)(C)c2ccccc2)cc1. The highest BCUT2D eigenvalue weighted by atomic mass is 31.2. The first-order valence-corrected chi connectivity index (χ1v) is 10.3. The quantitative estimate of drug-likeness (QED) is 0.573. The van der Waals surface area contributed by atoms with Crippen molar-refractivity contribution in [1.29, 1.82) is 0 Å². The number of hydrogen-bond donors (Lipinski definition) is 0. The summed E-state index contributed by atoms with van der Waals surface area (Å²) in [5.74, 6) is 0.705. The predicted octanol–water partition coefficient (Wildman–Crippen LogP) is 6.10. The molecule has 3 heteroatoms. The van der Waals surface area contributed by atoms with Crippen molar-refractivity contribution in [3.8, 4) is 5.75 Å². The van der Waals surface area contributed by atoms with Gasteiger partial charge < -0.3 is 4.52 Å². The van der Waals surface area contributed by atoms with Crippen LogP contribution in [0.5, 0.6) is 5.75 Å². The second-order valence-corrected chi connectivity index (χ2v) is 9.35. The van der Waals surface area contributed by atoms with Crippen molar-refractivity contribution >= 4 is 7.37 Å². The second-order valence-electron chi connectivity index (χ2n) is 6.46. The van der Waals surface area contributed by atoms with E-state index in [4.69, 9.17) is 4.52 Å². The molecule has 0 saturated carbocycles. The lowest BCUT2D eigenvalue weighted by atomic mass is 9.78. The summed E-state index contributed by atoms with van der Waals surface area (Å²) in [7, 11) is -2.54. The molecule has 2 nitrogen and oxygen atoms in total. The summed E-state index contributed by atoms with van der Waals surface area (Å²) < 4.78 is 18.5. The van der Waals surface area contributed by atoms with Crippen LogP contribution in [0.4, 0.5) is 0 Å². The molecule has 0 N–H and O–H groups in total. The zero-order valence-corrected chi connectivity index (χ0v) is 15.5. The van der Waals surface area contributed by atoms with Crippen molar-refractivity contribution in [2.45, 2.75) is 39.5 Å². The van der Waals surface area contributed by atoms with Gasteiger partial charge in [0.25, 0.3) is 0 Å². The van der Waals surface area contributed by atoms with Crippen molar-refractivity contribution in [2.75, 3.05) is 12.3 Å². The molecule has 0 bridgehead atoms. The van der Waals surface area contributed by atoms with Crippen LogP contribution in [0.15, 0.2) is 54.6 Å². The Morgan fingerprint density at radius 3 is 2.00 bits per heavy atom. The van der Waals surface area contributed by atoms with E-state index in [9.17, 15) is 4.57 Å². The van der Waals surface area contributed by atoms with Gasteiger partial charge in [-0.2, -0.15) is 0 Å². The van der Waals surface area contributed by atoms with Gasteiger partial charge >= 0.3 is 0 Å². The Hall–Kier alpha value is -1.53. The molecule has 0 saturated heterocycles. The van der Waals surface area contributed by atoms with E-state index in [2.05, 4.69) is 50.2 Å². The monoisotopic (exact) mass is 330 g/mol. The van der Waals surface area contributed by atoms with Crippen LogP contribution < -0.4 is 4.52 Å². The second kappa shape index (κ2) is 7.36. The molecule has 1 unspecified atom stereocenters. The third-order valence-corrected chi connectivity index (χ3v) is 7.03. The molecule has 2 rings (SSSR count). The molecular formula is C20H27O2P. The fraction of sp³-hybridized carbons (Fsp3) is 0.400. The van der Waals surface area contributed by atoms with E-state index >= 15 is 0 Å². The first kappa shape index (κ1) is 17.8. The number of rotatable bonds is 7. The van der Waals surface area contributed by atoms with E-state index in [1.165, 1.54) is 11.1 Å². The van der Waals surface area contributed by atoms with Gasteiger partial charge in [0.1, 0.15) is 5.75 Å². The van der Waals surface area contributed by atoms with Gasteiger partial charge in [0.15, 0.2) is 0 Å². The molecule has 0 aliphatic rings. The van der Waals surface area contributed by atoms with Gasteiger partial charge in [0.2, 0.25) is 7.37 Å². The lowest BCUT2D eigenvalue weighted by molar-refractivity contribution is 0.481. The Morgan fingerprint density at radius 2 is 1.48 bits per heavy atom. The lowest BCUT2D eigenvalue weighted by Crippen LogP contribution is -2.18. The minimum absolute atomic E-state index is 0.0718. The molecule has 0 radical (unpaired) electrons. The third kappa shape index (κ3) is 4.26. The lowest BCUT2D eigenvalue weighted by Gasteiger charge is -2.26. The average molecular weight is 330 g/mol. The van der Waals surface area contributed by atoms with Crippen molar-refractivity contribution in [3.05, 3.63) is 65.7 Å². The molecule has 2 aromatic rings. The Kier molecular flexibility index (Phi) is 5.70. The maximum atomic E-state index is 12.6. The van der Waals surface area contributed by atoms with Gasteiger partial charge in [-0.25, -0.2) is 0 Å². The zero-order chi connectivity index (χ0) is 16.9. The van der Waals surface area contributed by atoms with Crippen LogP contribution in [0.3, 0.4) is 0 Å². The minimum atomic E-state index is -2.54. The number of benzene rings is 2. The van der Waals surface area contributed by atoms with Crippen LogP contribution in [0, 0.1) is 0 Å². The summed E-state index contributed by atoms with van der Waals surface area (Å²) >= 11 is 0. The summed E-state index contributed by atoms with van der Waals surface area (Å²) in [6.45, 7) is 8.40. The highest BCUT2D eigenvalue weighted by Gasteiger charge is 2.24. The first-order chi connectivity index (χ1) is 10.9. The summed E-state index contributed by atoms with van der Waals surface area (Å²) in [4.78, 5) is 0. The Morgan fingerprint density at radius 1 is 0.913 bits per heavy atom. The highest BCUT2D eigenvalue weighted by Crippen LogP contribution is 2.47. The maximum Gasteiger partial charge on any atom is 0.247 e. The largest absolute Gasteiger partial charge is 0.443 e. The van der Waals surface area contributed by atoms with Crippen LogP contribution in [0.2, 0.25) is 0 Å². The fourth-order valence-electron chi connectivity index (χ4n) is 2.76. The molecule has 0 spiro atoms. The van der Waals surface area contributed by atoms with E-state index in [0.717, 1.165) is 6.42 Å². The van der Waals surface area contributed by atoms with Gasteiger partial charge in [0, 0.05) is 17.7 Å². The highest BCUT2D eigenvalue weighted by molar-refractivity contribution is 7.59. The van der Waals surface area contributed by atoms with Gasteiger partial charge in [0.05, 0.1) is 0 Å². The number of hydrogen-bond acceptors (Lipinski definition) is 2. The molecule has 0 fully saturated rings. The van der Waals surface area contributed by atoms with Crippen molar-refractivity contribution < 1.29 is 9.09 Å². The molecule has 2 aromatic carbocycles. The summed E-state index contributed by atoms with van der Waals surface area (Å²) in [6.07, 6.45) is 2.10. The summed E-state index contributed by atoms with van der Waals surface area (Å²) in [5.41, 5.74) is 2.43. The minimum Gasteiger partial charge on any atom is -0.443 e. The average Bonchev–Trinajstić information content (AvgIpc) is 2.56. The topological polar surface area (TPSA) is 26.3 Å². The maximum absolute atomic E-state index is 12.6. The van der Waals surface area contributed by atoms with Crippen LogP contribution in [0.25, 0.3) is 0 Å². The summed E-state index contributed by atoms with van der Waals surface area (Å²) in [5, 5.41) is 0. The van der Waals surface area contributed by atoms with Crippen LogP contribution in [0.1, 0.15) is 45.2 Å². The van der Waals surface area contributed by atoms with E-state index in [1.807, 2.05) is 32.0 Å².